The summed E-state index contributed by atoms with van der Waals surface area (Å²) in [6.07, 6.45) is 0. The molecule has 0 aliphatic heterocycles. The molecule has 0 aliphatic carbocycles. The number of anilines is 2. The summed E-state index contributed by atoms with van der Waals surface area (Å²) in [5.74, 6) is 0.246. The fourth-order valence-corrected chi connectivity index (χ4v) is 4.91. The molecule has 37 heavy (non-hydrogen) atoms. The van der Waals surface area contributed by atoms with Crippen molar-refractivity contribution in [3.05, 3.63) is 108 Å². The van der Waals surface area contributed by atoms with Gasteiger partial charge in [-0.2, -0.15) is 0 Å². The van der Waals surface area contributed by atoms with E-state index in [1.54, 1.807) is 72.8 Å². The van der Waals surface area contributed by atoms with E-state index in [2.05, 4.69) is 10.6 Å². The number of methoxy groups -OCH3 is 2. The highest BCUT2D eigenvalue weighted by Crippen LogP contribution is 2.26. The monoisotopic (exact) mass is 516 g/mol. The van der Waals surface area contributed by atoms with E-state index in [-0.39, 0.29) is 9.79 Å². The number of rotatable bonds is 8. The molecule has 188 valence electrons. The first-order valence-corrected chi connectivity index (χ1v) is 12.6. The second-order valence-corrected chi connectivity index (χ2v) is 9.88. The standard InChI is InChI=1S/C28H24N2O6S/c1-35-23-11-3-7-19(15-23)27(31)29-21-9-5-13-25(17-21)37(33,34)26-14-6-10-22(18-26)30-28(32)20-8-4-12-24(16-20)36-2/h3-18H,1-2H3,(H,29,31)(H,30,32). The minimum atomic E-state index is -3.95. The van der Waals surface area contributed by atoms with Crippen LogP contribution in [0.5, 0.6) is 11.5 Å². The number of carbonyl (C=O) groups excluding carboxylic acids is 2. The van der Waals surface area contributed by atoms with Crippen LogP contribution in [0.2, 0.25) is 0 Å². The van der Waals surface area contributed by atoms with Gasteiger partial charge >= 0.3 is 0 Å². The van der Waals surface area contributed by atoms with Gasteiger partial charge in [-0.3, -0.25) is 9.59 Å². The topological polar surface area (TPSA) is 111 Å². The molecule has 0 heterocycles. The van der Waals surface area contributed by atoms with Gasteiger partial charge in [0, 0.05) is 22.5 Å². The summed E-state index contributed by atoms with van der Waals surface area (Å²) in [6.45, 7) is 0. The third kappa shape index (κ3) is 5.96. The van der Waals surface area contributed by atoms with Crippen LogP contribution in [0.4, 0.5) is 11.4 Å². The molecule has 0 unspecified atom stereocenters. The van der Waals surface area contributed by atoms with Crippen molar-refractivity contribution in [1.82, 2.24) is 0 Å². The van der Waals surface area contributed by atoms with E-state index < -0.39 is 21.7 Å². The van der Waals surface area contributed by atoms with Crippen molar-refractivity contribution < 1.29 is 27.5 Å². The van der Waals surface area contributed by atoms with Gasteiger partial charge in [-0.15, -0.1) is 0 Å². The van der Waals surface area contributed by atoms with Gasteiger partial charge in [-0.25, -0.2) is 8.42 Å². The molecule has 0 aromatic heterocycles. The zero-order valence-electron chi connectivity index (χ0n) is 20.1. The van der Waals surface area contributed by atoms with Crippen LogP contribution in [-0.2, 0) is 9.84 Å². The van der Waals surface area contributed by atoms with Gasteiger partial charge in [0.05, 0.1) is 24.0 Å². The molecule has 4 rings (SSSR count). The summed E-state index contributed by atoms with van der Waals surface area (Å²) in [4.78, 5) is 25.3. The lowest BCUT2D eigenvalue weighted by Crippen LogP contribution is -2.13. The van der Waals surface area contributed by atoms with Crippen molar-refractivity contribution in [2.45, 2.75) is 9.79 Å². The van der Waals surface area contributed by atoms with Crippen LogP contribution in [-0.4, -0.2) is 34.5 Å². The molecule has 2 amide bonds. The Morgan fingerprint density at radius 2 is 1.00 bits per heavy atom. The normalized spacial score (nSPS) is 10.9. The van der Waals surface area contributed by atoms with Gasteiger partial charge in [-0.05, 0) is 72.8 Å². The number of ether oxygens (including phenoxy) is 2. The molecule has 0 spiro atoms. The van der Waals surface area contributed by atoms with E-state index in [0.717, 1.165) is 0 Å². The number of benzene rings is 4. The van der Waals surface area contributed by atoms with Crippen LogP contribution >= 0.6 is 0 Å². The number of carbonyl (C=O) groups is 2. The molecule has 0 bridgehead atoms. The average Bonchev–Trinajstić information content (AvgIpc) is 2.93. The molecule has 0 radical (unpaired) electrons. The van der Waals surface area contributed by atoms with Crippen molar-refractivity contribution in [3.63, 3.8) is 0 Å². The summed E-state index contributed by atoms with van der Waals surface area (Å²) >= 11 is 0. The summed E-state index contributed by atoms with van der Waals surface area (Å²) in [5, 5.41) is 5.42. The largest absolute Gasteiger partial charge is 0.497 e. The number of hydrogen-bond acceptors (Lipinski definition) is 6. The van der Waals surface area contributed by atoms with Gasteiger partial charge in [0.2, 0.25) is 9.84 Å². The van der Waals surface area contributed by atoms with Crippen LogP contribution in [0.3, 0.4) is 0 Å². The van der Waals surface area contributed by atoms with Gasteiger partial charge in [0.1, 0.15) is 11.5 Å². The Morgan fingerprint density at radius 1 is 0.595 bits per heavy atom. The van der Waals surface area contributed by atoms with E-state index in [0.29, 0.717) is 34.0 Å². The van der Waals surface area contributed by atoms with Gasteiger partial charge in [-0.1, -0.05) is 24.3 Å². The summed E-state index contributed by atoms with van der Waals surface area (Å²) in [5.41, 5.74) is 1.37. The zero-order valence-corrected chi connectivity index (χ0v) is 20.9. The molecule has 4 aromatic carbocycles. The van der Waals surface area contributed by atoms with Crippen LogP contribution in [0.25, 0.3) is 0 Å². The minimum Gasteiger partial charge on any atom is -0.497 e. The molecule has 0 saturated heterocycles. The second-order valence-electron chi connectivity index (χ2n) is 7.93. The Labute approximate surface area is 214 Å². The third-order valence-electron chi connectivity index (χ3n) is 5.47. The highest BCUT2D eigenvalue weighted by molar-refractivity contribution is 7.91. The fourth-order valence-electron chi connectivity index (χ4n) is 3.55. The number of sulfone groups is 1. The lowest BCUT2D eigenvalue weighted by molar-refractivity contribution is 0.101. The Morgan fingerprint density at radius 3 is 1.41 bits per heavy atom. The van der Waals surface area contributed by atoms with E-state index >= 15 is 0 Å². The summed E-state index contributed by atoms with van der Waals surface area (Å²) in [7, 11) is -0.940. The molecular weight excluding hydrogens is 492 g/mol. The lowest BCUT2D eigenvalue weighted by atomic mass is 10.2. The van der Waals surface area contributed by atoms with E-state index in [4.69, 9.17) is 9.47 Å². The average molecular weight is 517 g/mol. The third-order valence-corrected chi connectivity index (χ3v) is 7.22. The molecule has 9 heteroatoms. The first kappa shape index (κ1) is 25.5. The summed E-state index contributed by atoms with van der Waals surface area (Å²) in [6, 6.07) is 25.2. The van der Waals surface area contributed by atoms with Crippen LogP contribution in [0, 0.1) is 0 Å². The first-order chi connectivity index (χ1) is 17.8. The maximum Gasteiger partial charge on any atom is 0.255 e. The van der Waals surface area contributed by atoms with E-state index in [1.165, 1.54) is 38.5 Å². The molecule has 0 saturated carbocycles. The van der Waals surface area contributed by atoms with Crippen molar-refractivity contribution in [2.24, 2.45) is 0 Å². The molecule has 2 N–H and O–H groups in total. The van der Waals surface area contributed by atoms with E-state index in [9.17, 15) is 18.0 Å². The number of amides is 2. The Balaban J connectivity index is 1.54. The fraction of sp³-hybridized carbons (Fsp3) is 0.0714. The van der Waals surface area contributed by atoms with Crippen molar-refractivity contribution in [3.8, 4) is 11.5 Å². The van der Waals surface area contributed by atoms with E-state index in [1.807, 2.05) is 0 Å². The first-order valence-electron chi connectivity index (χ1n) is 11.2. The maximum absolute atomic E-state index is 13.4. The molecular formula is C28H24N2O6S. The molecule has 0 aliphatic rings. The van der Waals surface area contributed by atoms with Gasteiger partial charge in [0.25, 0.3) is 11.8 Å². The smallest absolute Gasteiger partial charge is 0.255 e. The van der Waals surface area contributed by atoms with Gasteiger partial charge in [0.15, 0.2) is 0 Å². The predicted molar refractivity (Wildman–Crippen MR) is 140 cm³/mol. The Bertz CT molecular complexity index is 1460. The van der Waals surface area contributed by atoms with Crippen molar-refractivity contribution >= 4 is 33.0 Å². The van der Waals surface area contributed by atoms with Gasteiger partial charge < -0.3 is 20.1 Å². The van der Waals surface area contributed by atoms with Crippen molar-refractivity contribution in [1.29, 1.82) is 0 Å². The lowest BCUT2D eigenvalue weighted by Gasteiger charge is -2.11. The Kier molecular flexibility index (Phi) is 7.55. The minimum absolute atomic E-state index is 0.00721. The van der Waals surface area contributed by atoms with Crippen LogP contribution < -0.4 is 20.1 Å². The second kappa shape index (κ2) is 11.0. The summed E-state index contributed by atoms with van der Waals surface area (Å²) < 4.78 is 37.0. The molecule has 8 nitrogen and oxygen atoms in total. The number of nitrogens with one attached hydrogen (secondary N) is 2. The van der Waals surface area contributed by atoms with Crippen molar-refractivity contribution in [2.75, 3.05) is 24.9 Å². The highest BCUT2D eigenvalue weighted by Gasteiger charge is 2.20. The predicted octanol–water partition coefficient (Wildman–Crippen LogP) is 5.04. The zero-order chi connectivity index (χ0) is 26.4. The SMILES string of the molecule is COc1cccc(C(=O)Nc2cccc(S(=O)(=O)c3cccc(NC(=O)c4cccc(OC)c4)c3)c2)c1. The van der Waals surface area contributed by atoms with Crippen LogP contribution in [0.1, 0.15) is 20.7 Å². The maximum atomic E-state index is 13.4. The molecule has 0 fully saturated rings. The quantitative estimate of drug-likeness (QED) is 0.339. The highest BCUT2D eigenvalue weighted by atomic mass is 32.2. The molecule has 0 atom stereocenters. The Hall–Kier alpha value is -4.63. The van der Waals surface area contributed by atoms with Crippen LogP contribution in [0.15, 0.2) is 107 Å². The molecule has 4 aromatic rings. The number of hydrogen-bond donors (Lipinski definition) is 2.